The quantitative estimate of drug-likeness (QED) is 0.569. The lowest BCUT2D eigenvalue weighted by Gasteiger charge is -2.27. The SMILES string of the molecule is CCCCN(C(=S)Nc1cc(C)ccc1C)c1c(N)n(CCCC)c(=O)[nH]c1=O. The Bertz CT molecular complexity index is 980. The normalized spacial score (nSPS) is 10.8. The van der Waals surface area contributed by atoms with Gasteiger partial charge in [0, 0.05) is 18.8 Å². The molecule has 0 radical (unpaired) electrons. The van der Waals surface area contributed by atoms with Gasteiger partial charge < -0.3 is 16.0 Å². The first-order valence-corrected chi connectivity index (χ1v) is 10.5. The molecule has 0 aliphatic heterocycles. The molecular formula is C21H31N5O2S. The maximum absolute atomic E-state index is 12.7. The molecular weight excluding hydrogens is 386 g/mol. The Morgan fingerprint density at radius 3 is 2.55 bits per heavy atom. The highest BCUT2D eigenvalue weighted by atomic mass is 32.1. The third-order valence-corrected chi connectivity index (χ3v) is 5.16. The highest BCUT2D eigenvalue weighted by molar-refractivity contribution is 7.80. The fourth-order valence-corrected chi connectivity index (χ4v) is 3.35. The zero-order valence-electron chi connectivity index (χ0n) is 17.7. The summed E-state index contributed by atoms with van der Waals surface area (Å²) in [5.41, 5.74) is 8.53. The fraction of sp³-hybridized carbons (Fsp3) is 0.476. The molecule has 0 spiro atoms. The number of H-pyrrole nitrogens is 1. The van der Waals surface area contributed by atoms with E-state index in [1.807, 2.05) is 39.0 Å². The first-order valence-electron chi connectivity index (χ1n) is 10.1. The number of aromatic amines is 1. The first-order chi connectivity index (χ1) is 13.8. The van der Waals surface area contributed by atoms with Crippen LogP contribution in [-0.4, -0.2) is 21.2 Å². The molecule has 0 atom stereocenters. The zero-order valence-corrected chi connectivity index (χ0v) is 18.5. The molecule has 0 saturated heterocycles. The molecule has 0 fully saturated rings. The van der Waals surface area contributed by atoms with E-state index >= 15 is 0 Å². The van der Waals surface area contributed by atoms with Gasteiger partial charge in [-0.05, 0) is 56.1 Å². The van der Waals surface area contributed by atoms with Crippen LogP contribution in [0.2, 0.25) is 0 Å². The number of nitrogen functional groups attached to an aromatic ring is 1. The number of hydrogen-bond donors (Lipinski definition) is 3. The number of rotatable bonds is 8. The molecule has 0 amide bonds. The summed E-state index contributed by atoms with van der Waals surface area (Å²) in [7, 11) is 0. The minimum atomic E-state index is -0.526. The monoisotopic (exact) mass is 417 g/mol. The molecule has 29 heavy (non-hydrogen) atoms. The molecule has 0 aliphatic carbocycles. The van der Waals surface area contributed by atoms with Crippen LogP contribution in [0.15, 0.2) is 27.8 Å². The molecule has 0 bridgehead atoms. The molecule has 1 aromatic heterocycles. The molecule has 1 heterocycles. The van der Waals surface area contributed by atoms with E-state index < -0.39 is 11.2 Å². The second-order valence-electron chi connectivity index (χ2n) is 7.25. The number of anilines is 3. The molecule has 0 saturated carbocycles. The van der Waals surface area contributed by atoms with Gasteiger partial charge in [0.25, 0.3) is 5.56 Å². The van der Waals surface area contributed by atoms with E-state index in [4.69, 9.17) is 18.0 Å². The Hall–Kier alpha value is -2.61. The number of aromatic nitrogens is 2. The van der Waals surface area contributed by atoms with Crippen LogP contribution in [0.25, 0.3) is 0 Å². The Morgan fingerprint density at radius 2 is 1.90 bits per heavy atom. The maximum Gasteiger partial charge on any atom is 0.330 e. The topological polar surface area (TPSA) is 96.2 Å². The lowest BCUT2D eigenvalue weighted by atomic mass is 10.1. The van der Waals surface area contributed by atoms with Crippen LogP contribution < -0.4 is 27.2 Å². The number of nitrogens with zero attached hydrogens (tertiary/aromatic N) is 2. The van der Waals surface area contributed by atoms with E-state index in [2.05, 4.69) is 17.2 Å². The average molecular weight is 418 g/mol. The summed E-state index contributed by atoms with van der Waals surface area (Å²) in [6.07, 6.45) is 3.44. The van der Waals surface area contributed by atoms with E-state index in [9.17, 15) is 9.59 Å². The predicted molar refractivity (Wildman–Crippen MR) is 125 cm³/mol. The van der Waals surface area contributed by atoms with Gasteiger partial charge in [-0.15, -0.1) is 0 Å². The summed E-state index contributed by atoms with van der Waals surface area (Å²) >= 11 is 5.66. The number of thiocarbonyl (C=S) groups is 1. The number of aryl methyl sites for hydroxylation is 2. The number of unbranched alkanes of at least 4 members (excludes halogenated alkanes) is 2. The Kier molecular flexibility index (Phi) is 8.01. The summed E-state index contributed by atoms with van der Waals surface area (Å²) in [4.78, 5) is 29.1. The van der Waals surface area contributed by atoms with Gasteiger partial charge in [0.15, 0.2) is 10.8 Å². The highest BCUT2D eigenvalue weighted by Crippen LogP contribution is 2.22. The fourth-order valence-electron chi connectivity index (χ4n) is 3.06. The minimum absolute atomic E-state index is 0.147. The van der Waals surface area contributed by atoms with Gasteiger partial charge in [-0.2, -0.15) is 0 Å². The van der Waals surface area contributed by atoms with E-state index in [1.54, 1.807) is 4.90 Å². The largest absolute Gasteiger partial charge is 0.383 e. The van der Waals surface area contributed by atoms with E-state index in [0.29, 0.717) is 18.2 Å². The molecule has 2 aromatic rings. The van der Waals surface area contributed by atoms with Crippen LogP contribution in [0.4, 0.5) is 17.2 Å². The second-order valence-corrected chi connectivity index (χ2v) is 7.64. The summed E-state index contributed by atoms with van der Waals surface area (Å²) in [6.45, 7) is 9.07. The lowest BCUT2D eigenvalue weighted by Crippen LogP contribution is -2.43. The van der Waals surface area contributed by atoms with Crippen molar-refractivity contribution in [3.05, 3.63) is 50.2 Å². The van der Waals surface area contributed by atoms with Crippen molar-refractivity contribution in [3.63, 3.8) is 0 Å². The van der Waals surface area contributed by atoms with Gasteiger partial charge in [0.1, 0.15) is 5.82 Å². The number of hydrogen-bond acceptors (Lipinski definition) is 4. The van der Waals surface area contributed by atoms with Crippen LogP contribution in [-0.2, 0) is 6.54 Å². The van der Waals surface area contributed by atoms with Gasteiger partial charge >= 0.3 is 5.69 Å². The standard InChI is InChI=1S/C21H31N5O2S/c1-5-7-11-25(21(29)23-16-13-14(3)9-10-15(16)4)17-18(22)26(12-8-6-2)20(28)24-19(17)27/h9-10,13H,5-8,11-12,22H2,1-4H3,(H,23,29)(H,24,27,28). The molecule has 8 heteroatoms. The van der Waals surface area contributed by atoms with Crippen molar-refractivity contribution in [1.29, 1.82) is 0 Å². The zero-order chi connectivity index (χ0) is 21.6. The first kappa shape index (κ1) is 22.7. The van der Waals surface area contributed by atoms with Crippen LogP contribution in [0.1, 0.15) is 50.7 Å². The van der Waals surface area contributed by atoms with E-state index in [0.717, 1.165) is 42.5 Å². The minimum Gasteiger partial charge on any atom is -0.383 e. The average Bonchev–Trinajstić information content (AvgIpc) is 2.66. The van der Waals surface area contributed by atoms with Gasteiger partial charge in [0.2, 0.25) is 0 Å². The van der Waals surface area contributed by atoms with Gasteiger partial charge in [-0.1, -0.05) is 38.8 Å². The van der Waals surface area contributed by atoms with Crippen molar-refractivity contribution in [1.82, 2.24) is 9.55 Å². The molecule has 1 aromatic carbocycles. The van der Waals surface area contributed by atoms with Crippen molar-refractivity contribution in [2.45, 2.75) is 59.9 Å². The van der Waals surface area contributed by atoms with E-state index in [1.165, 1.54) is 4.57 Å². The molecule has 2 rings (SSSR count). The molecule has 0 unspecified atom stereocenters. The Labute approximate surface area is 176 Å². The van der Waals surface area contributed by atoms with Crippen molar-refractivity contribution in [2.75, 3.05) is 22.5 Å². The number of nitrogens with two attached hydrogens (primary N) is 1. The van der Waals surface area contributed by atoms with Crippen LogP contribution >= 0.6 is 12.2 Å². The van der Waals surface area contributed by atoms with Crippen molar-refractivity contribution in [2.24, 2.45) is 0 Å². The third kappa shape index (κ3) is 5.47. The van der Waals surface area contributed by atoms with Crippen molar-refractivity contribution in [3.8, 4) is 0 Å². The van der Waals surface area contributed by atoms with Crippen LogP contribution in [0.3, 0.4) is 0 Å². The predicted octanol–water partition coefficient (Wildman–Crippen LogP) is 3.54. The van der Waals surface area contributed by atoms with Gasteiger partial charge in [-0.25, -0.2) is 4.79 Å². The number of benzene rings is 1. The highest BCUT2D eigenvalue weighted by Gasteiger charge is 2.22. The number of nitrogens with one attached hydrogen (secondary N) is 2. The Morgan fingerprint density at radius 1 is 1.21 bits per heavy atom. The maximum atomic E-state index is 12.7. The van der Waals surface area contributed by atoms with Crippen LogP contribution in [0.5, 0.6) is 0 Å². The molecule has 0 aliphatic rings. The van der Waals surface area contributed by atoms with Crippen molar-refractivity contribution < 1.29 is 0 Å². The second kappa shape index (κ2) is 10.2. The smallest absolute Gasteiger partial charge is 0.330 e. The summed E-state index contributed by atoms with van der Waals surface area (Å²) in [5, 5.41) is 3.63. The third-order valence-electron chi connectivity index (χ3n) is 4.83. The van der Waals surface area contributed by atoms with Crippen molar-refractivity contribution >= 4 is 34.5 Å². The van der Waals surface area contributed by atoms with Gasteiger partial charge in [-0.3, -0.25) is 14.3 Å². The summed E-state index contributed by atoms with van der Waals surface area (Å²) in [5.74, 6) is 0.147. The van der Waals surface area contributed by atoms with E-state index in [-0.39, 0.29) is 11.5 Å². The van der Waals surface area contributed by atoms with Crippen LogP contribution in [0, 0.1) is 13.8 Å². The lowest BCUT2D eigenvalue weighted by molar-refractivity contribution is 0.604. The summed E-state index contributed by atoms with van der Waals surface area (Å²) < 4.78 is 1.42. The molecule has 4 N–H and O–H groups in total. The Balaban J connectivity index is 2.49. The molecule has 158 valence electrons. The molecule has 7 nitrogen and oxygen atoms in total. The summed E-state index contributed by atoms with van der Waals surface area (Å²) in [6, 6.07) is 6.06. The van der Waals surface area contributed by atoms with Gasteiger partial charge in [0.05, 0.1) is 0 Å².